The summed E-state index contributed by atoms with van der Waals surface area (Å²) in [5.74, 6) is 5.45. The molecule has 4 N–H and O–H groups in total. The van der Waals surface area contributed by atoms with Crippen LogP contribution in [0.2, 0.25) is 0 Å². The molecule has 0 aliphatic rings. The number of benzene rings is 1. The molecule has 1 atom stereocenters. The second-order valence-corrected chi connectivity index (χ2v) is 5.10. The van der Waals surface area contributed by atoms with E-state index in [9.17, 15) is 13.2 Å². The third-order valence-corrected chi connectivity index (χ3v) is 3.12. The molecule has 0 aliphatic heterocycles. The van der Waals surface area contributed by atoms with Crippen molar-refractivity contribution in [2.75, 3.05) is 19.0 Å². The molecule has 1 rings (SSSR count). The number of aliphatic imine (C=N–C) groups is 1. The predicted molar refractivity (Wildman–Crippen MR) is 78.9 cm³/mol. The lowest BCUT2D eigenvalue weighted by Gasteiger charge is -2.14. The lowest BCUT2D eigenvalue weighted by Crippen LogP contribution is -2.37. The number of hydrazine groups is 1. The van der Waals surface area contributed by atoms with Crippen LogP contribution in [0.25, 0.3) is 0 Å². The maximum absolute atomic E-state index is 12.8. The van der Waals surface area contributed by atoms with Gasteiger partial charge in [0, 0.05) is 17.3 Å². The molecule has 5 nitrogen and oxygen atoms in total. The topological polar surface area (TPSA) is 71.7 Å². The molecule has 1 unspecified atom stereocenters. The number of methoxy groups -OCH3 is 1. The van der Waals surface area contributed by atoms with Crippen LogP contribution in [0.3, 0.4) is 0 Å². The molecule has 0 heterocycles. The minimum atomic E-state index is -4.45. The van der Waals surface area contributed by atoms with E-state index in [1.807, 2.05) is 0 Å². The largest absolute Gasteiger partial charge is 0.417 e. The molecule has 0 aromatic heterocycles. The third kappa shape index (κ3) is 5.52. The van der Waals surface area contributed by atoms with Crippen LogP contribution in [0.5, 0.6) is 0 Å². The van der Waals surface area contributed by atoms with Crippen molar-refractivity contribution < 1.29 is 17.9 Å². The van der Waals surface area contributed by atoms with Gasteiger partial charge in [0.25, 0.3) is 0 Å². The van der Waals surface area contributed by atoms with Gasteiger partial charge < -0.3 is 10.1 Å². The minimum absolute atomic E-state index is 0.0347. The van der Waals surface area contributed by atoms with Gasteiger partial charge in [0.1, 0.15) is 0 Å². The summed E-state index contributed by atoms with van der Waals surface area (Å²) in [5, 5.41) is 2.70. The van der Waals surface area contributed by atoms with Crippen LogP contribution in [-0.2, 0) is 10.9 Å². The summed E-state index contributed by atoms with van der Waals surface area (Å²) in [6.45, 7) is 2.15. The molecule has 0 bridgehead atoms. The number of anilines is 1. The predicted octanol–water partition coefficient (Wildman–Crippen LogP) is 2.73. The van der Waals surface area contributed by atoms with Crippen molar-refractivity contribution in [2.24, 2.45) is 10.8 Å². The van der Waals surface area contributed by atoms with Gasteiger partial charge in [-0.25, -0.2) is 10.8 Å². The fourth-order valence-electron chi connectivity index (χ4n) is 1.56. The van der Waals surface area contributed by atoms with Crippen LogP contribution in [-0.4, -0.2) is 25.7 Å². The van der Waals surface area contributed by atoms with Gasteiger partial charge in [0.05, 0.1) is 18.2 Å². The second-order valence-electron chi connectivity index (χ2n) is 4.24. The van der Waals surface area contributed by atoms with Crippen molar-refractivity contribution >= 4 is 27.6 Å². The van der Waals surface area contributed by atoms with E-state index >= 15 is 0 Å². The highest BCUT2D eigenvalue weighted by atomic mass is 79.9. The highest BCUT2D eigenvalue weighted by molar-refractivity contribution is 9.10. The molecule has 9 heteroatoms. The van der Waals surface area contributed by atoms with Gasteiger partial charge in [0.15, 0.2) is 0 Å². The van der Waals surface area contributed by atoms with Crippen LogP contribution in [0.1, 0.15) is 12.5 Å². The number of hydrogen-bond acceptors (Lipinski definition) is 3. The molecule has 0 saturated carbocycles. The summed E-state index contributed by atoms with van der Waals surface area (Å²) >= 11 is 2.88. The molecule has 21 heavy (non-hydrogen) atoms. The van der Waals surface area contributed by atoms with Gasteiger partial charge in [-0.3, -0.25) is 5.43 Å². The number of ether oxygens (including phenoxy) is 1. The zero-order chi connectivity index (χ0) is 16.0. The van der Waals surface area contributed by atoms with E-state index in [1.165, 1.54) is 19.2 Å². The zero-order valence-electron chi connectivity index (χ0n) is 11.5. The van der Waals surface area contributed by atoms with Crippen molar-refractivity contribution in [3.63, 3.8) is 0 Å². The SMILES string of the molecule is COCC(C)N=C(NN)Nc1ccc(Br)c(C(F)(F)F)c1. The van der Waals surface area contributed by atoms with Gasteiger partial charge in [-0.05, 0) is 25.1 Å². The Hall–Kier alpha value is -1.32. The normalized spacial score (nSPS) is 14.0. The molecule has 0 radical (unpaired) electrons. The Kier molecular flexibility index (Phi) is 6.43. The van der Waals surface area contributed by atoms with Crippen molar-refractivity contribution in [1.29, 1.82) is 0 Å². The Labute approximate surface area is 128 Å². The van der Waals surface area contributed by atoms with E-state index in [4.69, 9.17) is 10.6 Å². The number of hydrogen-bond donors (Lipinski definition) is 3. The van der Waals surface area contributed by atoms with Crippen molar-refractivity contribution in [1.82, 2.24) is 5.43 Å². The molecular formula is C12H16BrF3N4O. The molecule has 0 amide bonds. The van der Waals surface area contributed by atoms with Gasteiger partial charge in [0.2, 0.25) is 5.96 Å². The van der Waals surface area contributed by atoms with Gasteiger partial charge in [-0.2, -0.15) is 13.2 Å². The van der Waals surface area contributed by atoms with Gasteiger partial charge in [-0.15, -0.1) is 0 Å². The fraction of sp³-hybridized carbons (Fsp3) is 0.417. The molecule has 0 saturated heterocycles. The van der Waals surface area contributed by atoms with E-state index in [1.54, 1.807) is 6.92 Å². The van der Waals surface area contributed by atoms with Crippen LogP contribution < -0.4 is 16.6 Å². The number of nitrogens with zero attached hydrogens (tertiary/aromatic N) is 1. The van der Waals surface area contributed by atoms with Crippen molar-refractivity contribution in [3.8, 4) is 0 Å². The van der Waals surface area contributed by atoms with E-state index in [0.717, 1.165) is 6.07 Å². The number of guanidine groups is 1. The summed E-state index contributed by atoms with van der Waals surface area (Å²) in [4.78, 5) is 4.15. The molecule has 0 spiro atoms. The zero-order valence-corrected chi connectivity index (χ0v) is 13.0. The summed E-state index contributed by atoms with van der Waals surface area (Å²) in [7, 11) is 1.53. The summed E-state index contributed by atoms with van der Waals surface area (Å²) in [5.41, 5.74) is 1.73. The summed E-state index contributed by atoms with van der Waals surface area (Å²) < 4.78 is 43.3. The van der Waals surface area contributed by atoms with Crippen molar-refractivity contribution in [2.45, 2.75) is 19.1 Å². The quantitative estimate of drug-likeness (QED) is 0.330. The first kappa shape index (κ1) is 17.7. The third-order valence-electron chi connectivity index (χ3n) is 2.43. The number of alkyl halides is 3. The standard InChI is InChI=1S/C12H16BrF3N4O/c1-7(6-21-2)18-11(20-17)19-8-3-4-10(13)9(5-8)12(14,15)16/h3-5,7H,6,17H2,1-2H3,(H2,18,19,20). The number of rotatable bonds is 4. The second kappa shape index (κ2) is 7.62. The smallest absolute Gasteiger partial charge is 0.382 e. The number of halogens is 4. The lowest BCUT2D eigenvalue weighted by atomic mass is 10.2. The Morgan fingerprint density at radius 3 is 2.67 bits per heavy atom. The first-order valence-electron chi connectivity index (χ1n) is 5.95. The maximum Gasteiger partial charge on any atom is 0.417 e. The maximum atomic E-state index is 12.8. The Balaban J connectivity index is 2.96. The first-order chi connectivity index (χ1) is 9.77. The monoisotopic (exact) mass is 368 g/mol. The number of nitrogens with one attached hydrogen (secondary N) is 2. The summed E-state index contributed by atoms with van der Waals surface area (Å²) in [6, 6.07) is 3.55. The fourth-order valence-corrected chi connectivity index (χ4v) is 2.03. The van der Waals surface area contributed by atoms with Crippen LogP contribution >= 0.6 is 15.9 Å². The minimum Gasteiger partial charge on any atom is -0.382 e. The Bertz CT molecular complexity index is 508. The molecule has 0 aliphatic carbocycles. The molecular weight excluding hydrogens is 353 g/mol. The van der Waals surface area contributed by atoms with Crippen molar-refractivity contribution in [3.05, 3.63) is 28.2 Å². The molecule has 118 valence electrons. The first-order valence-corrected chi connectivity index (χ1v) is 6.74. The van der Waals surface area contributed by atoms with Crippen LogP contribution in [0, 0.1) is 0 Å². The number of nitrogens with two attached hydrogens (primary N) is 1. The molecule has 0 fully saturated rings. The Morgan fingerprint density at radius 1 is 1.48 bits per heavy atom. The summed E-state index contributed by atoms with van der Waals surface area (Å²) in [6.07, 6.45) is -4.45. The Morgan fingerprint density at radius 2 is 2.14 bits per heavy atom. The average molecular weight is 369 g/mol. The molecule has 1 aromatic carbocycles. The van der Waals surface area contributed by atoms with Gasteiger partial charge in [-0.1, -0.05) is 15.9 Å². The highest BCUT2D eigenvalue weighted by Gasteiger charge is 2.33. The molecule has 1 aromatic rings. The van der Waals surface area contributed by atoms with E-state index in [0.29, 0.717) is 6.61 Å². The highest BCUT2D eigenvalue weighted by Crippen LogP contribution is 2.36. The lowest BCUT2D eigenvalue weighted by molar-refractivity contribution is -0.138. The van der Waals surface area contributed by atoms with E-state index < -0.39 is 11.7 Å². The van der Waals surface area contributed by atoms with Crippen LogP contribution in [0.4, 0.5) is 18.9 Å². The van der Waals surface area contributed by atoms with Crippen LogP contribution in [0.15, 0.2) is 27.7 Å². The average Bonchev–Trinajstić information content (AvgIpc) is 2.39. The van der Waals surface area contributed by atoms with Gasteiger partial charge >= 0.3 is 6.18 Å². The van der Waals surface area contributed by atoms with E-state index in [2.05, 4.69) is 31.7 Å². The van der Waals surface area contributed by atoms with E-state index in [-0.39, 0.29) is 22.2 Å².